The minimum Gasteiger partial charge on any atom is -0.444 e. The summed E-state index contributed by atoms with van der Waals surface area (Å²) in [5, 5.41) is 9.76. The van der Waals surface area contributed by atoms with Crippen LogP contribution < -0.4 is 5.73 Å². The lowest BCUT2D eigenvalue weighted by atomic mass is 9.94. The van der Waals surface area contributed by atoms with E-state index in [-0.39, 0.29) is 12.0 Å². The molecule has 16 heavy (non-hydrogen) atoms. The molecule has 1 aliphatic rings. The predicted octanol–water partition coefficient (Wildman–Crippen LogP) is 0.563. The Kier molecular flexibility index (Phi) is 4.15. The van der Waals surface area contributed by atoms with Gasteiger partial charge < -0.3 is 20.5 Å². The zero-order valence-corrected chi connectivity index (χ0v) is 10.3. The SMILES string of the molecule is CC(C)(C)OC(=O)N1CC[C@@H](CN)[C@@H](O)C1. The van der Waals surface area contributed by atoms with Crippen LogP contribution in [0.5, 0.6) is 0 Å². The van der Waals surface area contributed by atoms with E-state index in [1.807, 2.05) is 20.8 Å². The molecular weight excluding hydrogens is 208 g/mol. The molecule has 0 bridgehead atoms. The molecular formula is C11H22N2O3. The number of piperidine rings is 1. The standard InChI is InChI=1S/C11H22N2O3/c1-11(2,3)16-10(15)13-5-4-8(6-12)9(14)7-13/h8-9,14H,4-7,12H2,1-3H3/t8-,9-/m0/s1. The van der Waals surface area contributed by atoms with Crippen LogP contribution in [-0.4, -0.2) is 47.4 Å². The first-order valence-corrected chi connectivity index (χ1v) is 5.69. The van der Waals surface area contributed by atoms with Gasteiger partial charge in [-0.05, 0) is 33.7 Å². The van der Waals surface area contributed by atoms with E-state index >= 15 is 0 Å². The minimum atomic E-state index is -0.536. The van der Waals surface area contributed by atoms with Crippen LogP contribution >= 0.6 is 0 Å². The van der Waals surface area contributed by atoms with Gasteiger partial charge in [0.15, 0.2) is 0 Å². The third kappa shape index (κ3) is 3.64. The molecule has 1 rings (SSSR count). The number of carbonyl (C=O) groups excluding carboxylic acids is 1. The first-order chi connectivity index (χ1) is 7.33. The van der Waals surface area contributed by atoms with E-state index in [1.54, 1.807) is 4.90 Å². The fourth-order valence-corrected chi connectivity index (χ4v) is 1.75. The van der Waals surface area contributed by atoms with Crippen LogP contribution in [0.15, 0.2) is 0 Å². The van der Waals surface area contributed by atoms with Crippen molar-refractivity contribution < 1.29 is 14.6 Å². The highest BCUT2D eigenvalue weighted by Crippen LogP contribution is 2.19. The maximum absolute atomic E-state index is 11.7. The Morgan fingerprint density at radius 3 is 2.62 bits per heavy atom. The molecule has 5 heteroatoms. The zero-order chi connectivity index (χ0) is 12.3. The Bertz CT molecular complexity index is 250. The lowest BCUT2D eigenvalue weighted by Crippen LogP contribution is -2.49. The highest BCUT2D eigenvalue weighted by atomic mass is 16.6. The van der Waals surface area contributed by atoms with Crippen molar-refractivity contribution in [1.29, 1.82) is 0 Å². The maximum Gasteiger partial charge on any atom is 0.410 e. The van der Waals surface area contributed by atoms with Crippen molar-refractivity contribution in [2.24, 2.45) is 11.7 Å². The Balaban J connectivity index is 2.48. The first kappa shape index (κ1) is 13.3. The molecule has 0 radical (unpaired) electrons. The van der Waals surface area contributed by atoms with Crippen LogP contribution in [0.25, 0.3) is 0 Å². The van der Waals surface area contributed by atoms with Gasteiger partial charge >= 0.3 is 6.09 Å². The van der Waals surface area contributed by atoms with E-state index in [0.717, 1.165) is 6.42 Å². The van der Waals surface area contributed by atoms with Crippen LogP contribution in [-0.2, 0) is 4.74 Å². The molecule has 1 heterocycles. The van der Waals surface area contributed by atoms with Gasteiger partial charge in [-0.2, -0.15) is 0 Å². The molecule has 1 saturated heterocycles. The summed E-state index contributed by atoms with van der Waals surface area (Å²) in [6.45, 7) is 6.86. The molecule has 0 aromatic heterocycles. The first-order valence-electron chi connectivity index (χ1n) is 5.69. The molecule has 0 aromatic rings. The summed E-state index contributed by atoms with van der Waals surface area (Å²) in [4.78, 5) is 13.3. The summed E-state index contributed by atoms with van der Waals surface area (Å²) in [6, 6.07) is 0. The summed E-state index contributed by atoms with van der Waals surface area (Å²) in [6.07, 6.45) is -0.162. The number of nitrogens with two attached hydrogens (primary N) is 1. The smallest absolute Gasteiger partial charge is 0.410 e. The molecule has 1 fully saturated rings. The van der Waals surface area contributed by atoms with Crippen LogP contribution in [0, 0.1) is 5.92 Å². The summed E-state index contributed by atoms with van der Waals surface area (Å²) in [5.41, 5.74) is 5.03. The number of aliphatic hydroxyl groups excluding tert-OH is 1. The maximum atomic E-state index is 11.7. The molecule has 0 spiro atoms. The van der Waals surface area contributed by atoms with E-state index in [0.29, 0.717) is 19.6 Å². The average molecular weight is 230 g/mol. The zero-order valence-electron chi connectivity index (χ0n) is 10.3. The van der Waals surface area contributed by atoms with Crippen LogP contribution in [0.2, 0.25) is 0 Å². The van der Waals surface area contributed by atoms with E-state index < -0.39 is 11.7 Å². The molecule has 2 atom stereocenters. The number of hydrogen-bond acceptors (Lipinski definition) is 4. The predicted molar refractivity (Wildman–Crippen MR) is 61.0 cm³/mol. The van der Waals surface area contributed by atoms with Crippen LogP contribution in [0.4, 0.5) is 4.79 Å². The van der Waals surface area contributed by atoms with Crippen molar-refractivity contribution in [3.8, 4) is 0 Å². The fourth-order valence-electron chi connectivity index (χ4n) is 1.75. The van der Waals surface area contributed by atoms with Gasteiger partial charge in [-0.3, -0.25) is 0 Å². The van der Waals surface area contributed by atoms with Crippen molar-refractivity contribution in [1.82, 2.24) is 4.90 Å². The Labute approximate surface area is 96.6 Å². The van der Waals surface area contributed by atoms with E-state index in [4.69, 9.17) is 10.5 Å². The van der Waals surface area contributed by atoms with Crippen LogP contribution in [0.1, 0.15) is 27.2 Å². The van der Waals surface area contributed by atoms with Gasteiger partial charge in [0.2, 0.25) is 0 Å². The molecule has 1 amide bonds. The molecule has 1 aliphatic heterocycles. The monoisotopic (exact) mass is 230 g/mol. The van der Waals surface area contributed by atoms with Gasteiger partial charge in [0.05, 0.1) is 12.6 Å². The van der Waals surface area contributed by atoms with Crippen molar-refractivity contribution in [3.05, 3.63) is 0 Å². The Morgan fingerprint density at radius 2 is 2.19 bits per heavy atom. The molecule has 94 valence electrons. The molecule has 0 saturated carbocycles. The number of rotatable bonds is 1. The summed E-state index contributed by atoms with van der Waals surface area (Å²) < 4.78 is 5.24. The van der Waals surface area contributed by atoms with Gasteiger partial charge in [-0.1, -0.05) is 0 Å². The number of amides is 1. The second-order valence-electron chi connectivity index (χ2n) is 5.28. The number of carbonyl (C=O) groups is 1. The quantitative estimate of drug-likeness (QED) is 0.690. The van der Waals surface area contributed by atoms with Gasteiger partial charge in [0.25, 0.3) is 0 Å². The van der Waals surface area contributed by atoms with Crippen molar-refractivity contribution in [2.45, 2.75) is 38.9 Å². The highest BCUT2D eigenvalue weighted by molar-refractivity contribution is 5.68. The number of hydrogen-bond donors (Lipinski definition) is 2. The largest absolute Gasteiger partial charge is 0.444 e. The number of ether oxygens (including phenoxy) is 1. The molecule has 0 aromatic carbocycles. The van der Waals surface area contributed by atoms with Gasteiger partial charge in [0, 0.05) is 12.5 Å². The number of aliphatic hydroxyl groups is 1. The van der Waals surface area contributed by atoms with Gasteiger partial charge in [0.1, 0.15) is 5.60 Å². The van der Waals surface area contributed by atoms with Crippen LogP contribution in [0.3, 0.4) is 0 Å². The summed E-state index contributed by atoms with van der Waals surface area (Å²) in [7, 11) is 0. The van der Waals surface area contributed by atoms with Crippen molar-refractivity contribution >= 4 is 6.09 Å². The van der Waals surface area contributed by atoms with Gasteiger partial charge in [-0.25, -0.2) is 4.79 Å². The topological polar surface area (TPSA) is 75.8 Å². The van der Waals surface area contributed by atoms with Crippen molar-refractivity contribution in [3.63, 3.8) is 0 Å². The second-order valence-corrected chi connectivity index (χ2v) is 5.28. The average Bonchev–Trinajstić information content (AvgIpc) is 2.15. The van der Waals surface area contributed by atoms with E-state index in [9.17, 15) is 9.90 Å². The lowest BCUT2D eigenvalue weighted by molar-refractivity contribution is -0.0110. The third-order valence-electron chi connectivity index (χ3n) is 2.68. The lowest BCUT2D eigenvalue weighted by Gasteiger charge is -2.36. The van der Waals surface area contributed by atoms with E-state index in [2.05, 4.69) is 0 Å². The summed E-state index contributed by atoms with van der Waals surface area (Å²) in [5.74, 6) is 0.0960. The summed E-state index contributed by atoms with van der Waals surface area (Å²) >= 11 is 0. The number of β-amino-alcohol motifs (C(OH)–C–C–N with tert-alkyl or cyclic N) is 1. The van der Waals surface area contributed by atoms with E-state index in [1.165, 1.54) is 0 Å². The Hall–Kier alpha value is -0.810. The second kappa shape index (κ2) is 5.01. The highest BCUT2D eigenvalue weighted by Gasteiger charge is 2.31. The molecule has 0 aliphatic carbocycles. The number of likely N-dealkylation sites (tertiary alicyclic amines) is 1. The number of nitrogens with zero attached hydrogens (tertiary/aromatic N) is 1. The molecule has 0 unspecified atom stereocenters. The third-order valence-corrected chi connectivity index (χ3v) is 2.68. The normalized spacial score (nSPS) is 26.7. The minimum absolute atomic E-state index is 0.0960. The van der Waals surface area contributed by atoms with Crippen molar-refractivity contribution in [2.75, 3.05) is 19.6 Å². The molecule has 5 nitrogen and oxygen atoms in total. The fraction of sp³-hybridized carbons (Fsp3) is 0.909. The van der Waals surface area contributed by atoms with Gasteiger partial charge in [-0.15, -0.1) is 0 Å². The Morgan fingerprint density at radius 1 is 1.56 bits per heavy atom. The molecule has 3 N–H and O–H groups in total.